The van der Waals surface area contributed by atoms with Gasteiger partial charge in [0.1, 0.15) is 0 Å². The first-order valence-electron chi connectivity index (χ1n) is 6.35. The lowest BCUT2D eigenvalue weighted by molar-refractivity contribution is 0.0458. The van der Waals surface area contributed by atoms with Crippen LogP contribution in [-0.4, -0.2) is 42.3 Å². The fourth-order valence-electron chi connectivity index (χ4n) is 3.20. The van der Waals surface area contributed by atoms with Gasteiger partial charge in [0.05, 0.1) is 6.10 Å². The zero-order valence-electron chi connectivity index (χ0n) is 9.62. The Hall–Kier alpha value is -0.120. The highest BCUT2D eigenvalue weighted by atomic mass is 16.3. The molecule has 0 aromatic carbocycles. The van der Waals surface area contributed by atoms with E-state index >= 15 is 0 Å². The molecule has 0 amide bonds. The van der Waals surface area contributed by atoms with Crippen molar-refractivity contribution >= 4 is 0 Å². The Morgan fingerprint density at radius 1 is 1.27 bits per heavy atom. The fourth-order valence-corrected chi connectivity index (χ4v) is 3.20. The van der Waals surface area contributed by atoms with Gasteiger partial charge >= 0.3 is 0 Å². The first-order chi connectivity index (χ1) is 7.24. The summed E-state index contributed by atoms with van der Waals surface area (Å²) < 4.78 is 0. The smallest absolute Gasteiger partial charge is 0.0667 e. The van der Waals surface area contributed by atoms with Crippen molar-refractivity contribution in [1.29, 1.82) is 0 Å². The van der Waals surface area contributed by atoms with Crippen LogP contribution in [0.2, 0.25) is 0 Å². The fraction of sp³-hybridized carbons (Fsp3) is 1.00. The number of nitrogens with two attached hydrogens (primary N) is 1. The van der Waals surface area contributed by atoms with E-state index in [4.69, 9.17) is 5.73 Å². The minimum atomic E-state index is -0.102. The second kappa shape index (κ2) is 4.81. The Morgan fingerprint density at radius 2 is 2.00 bits per heavy atom. The molecule has 2 rings (SSSR count). The van der Waals surface area contributed by atoms with Crippen molar-refractivity contribution in [2.45, 2.75) is 44.6 Å². The van der Waals surface area contributed by atoms with Crippen LogP contribution in [-0.2, 0) is 0 Å². The van der Waals surface area contributed by atoms with E-state index in [-0.39, 0.29) is 6.10 Å². The summed E-state index contributed by atoms with van der Waals surface area (Å²) in [7, 11) is 0. The molecule has 88 valence electrons. The highest BCUT2D eigenvalue weighted by Crippen LogP contribution is 2.38. The van der Waals surface area contributed by atoms with E-state index in [1.54, 1.807) is 0 Å². The van der Waals surface area contributed by atoms with Crippen molar-refractivity contribution < 1.29 is 5.11 Å². The largest absolute Gasteiger partial charge is 0.392 e. The quantitative estimate of drug-likeness (QED) is 0.732. The topological polar surface area (TPSA) is 49.5 Å². The third-order valence-electron chi connectivity index (χ3n) is 4.14. The lowest BCUT2D eigenvalue weighted by Gasteiger charge is -2.37. The van der Waals surface area contributed by atoms with Gasteiger partial charge in [0.2, 0.25) is 0 Å². The van der Waals surface area contributed by atoms with E-state index in [1.165, 1.54) is 25.7 Å². The normalized spacial score (nSPS) is 32.0. The standard InChI is InChI=1S/C12H24N2O/c13-9-12(5-1-2-6-12)10-14-7-3-4-11(15)8-14/h11,15H,1-10,13H2. The number of aliphatic hydroxyl groups excluding tert-OH is 1. The number of hydrogen-bond acceptors (Lipinski definition) is 3. The molecule has 2 fully saturated rings. The molecule has 3 nitrogen and oxygen atoms in total. The summed E-state index contributed by atoms with van der Waals surface area (Å²) in [5, 5.41) is 9.64. The number of rotatable bonds is 3. The van der Waals surface area contributed by atoms with Crippen molar-refractivity contribution in [1.82, 2.24) is 4.90 Å². The lowest BCUT2D eigenvalue weighted by Crippen LogP contribution is -2.46. The Kier molecular flexibility index (Phi) is 3.65. The van der Waals surface area contributed by atoms with Gasteiger partial charge in [-0.1, -0.05) is 12.8 Å². The number of hydrogen-bond donors (Lipinski definition) is 2. The van der Waals surface area contributed by atoms with Crippen LogP contribution in [0.3, 0.4) is 0 Å². The Morgan fingerprint density at radius 3 is 2.60 bits per heavy atom. The van der Waals surface area contributed by atoms with Gasteiger partial charge in [0.25, 0.3) is 0 Å². The minimum absolute atomic E-state index is 0.102. The predicted molar refractivity (Wildman–Crippen MR) is 61.6 cm³/mol. The lowest BCUT2D eigenvalue weighted by atomic mass is 9.85. The molecule has 0 aromatic heterocycles. The SMILES string of the molecule is NCC1(CN2CCCC(O)C2)CCCC1. The molecule has 2 aliphatic rings. The molecule has 3 N–H and O–H groups in total. The number of likely N-dealkylation sites (tertiary alicyclic amines) is 1. The van der Waals surface area contributed by atoms with Crippen LogP contribution in [0.4, 0.5) is 0 Å². The first-order valence-corrected chi connectivity index (χ1v) is 6.35. The van der Waals surface area contributed by atoms with Crippen LogP contribution < -0.4 is 5.73 Å². The minimum Gasteiger partial charge on any atom is -0.392 e. The molecule has 1 heterocycles. The van der Waals surface area contributed by atoms with Gasteiger partial charge in [-0.05, 0) is 44.2 Å². The molecule has 0 radical (unpaired) electrons. The second-order valence-electron chi connectivity index (χ2n) is 5.44. The Bertz CT molecular complexity index is 202. The zero-order chi connectivity index (χ0) is 10.7. The Balaban J connectivity index is 1.88. The summed E-state index contributed by atoms with van der Waals surface area (Å²) in [6.07, 6.45) is 7.27. The Labute approximate surface area is 92.6 Å². The highest BCUT2D eigenvalue weighted by molar-refractivity contribution is 4.89. The van der Waals surface area contributed by atoms with Gasteiger partial charge in [-0.15, -0.1) is 0 Å². The third-order valence-corrected chi connectivity index (χ3v) is 4.14. The molecule has 1 aliphatic carbocycles. The summed E-state index contributed by atoms with van der Waals surface area (Å²) in [5.41, 5.74) is 6.30. The van der Waals surface area contributed by atoms with Crippen molar-refractivity contribution in [3.8, 4) is 0 Å². The van der Waals surface area contributed by atoms with Crippen LogP contribution in [0.5, 0.6) is 0 Å². The molecule has 1 saturated carbocycles. The van der Waals surface area contributed by atoms with Crippen LogP contribution in [0.15, 0.2) is 0 Å². The van der Waals surface area contributed by atoms with E-state index in [9.17, 15) is 5.11 Å². The van der Waals surface area contributed by atoms with Crippen molar-refractivity contribution in [2.24, 2.45) is 11.1 Å². The third kappa shape index (κ3) is 2.71. The number of nitrogens with zero attached hydrogens (tertiary/aromatic N) is 1. The monoisotopic (exact) mass is 212 g/mol. The second-order valence-corrected chi connectivity index (χ2v) is 5.44. The van der Waals surface area contributed by atoms with E-state index in [0.717, 1.165) is 39.0 Å². The molecular weight excluding hydrogens is 188 g/mol. The van der Waals surface area contributed by atoms with Crippen LogP contribution in [0, 0.1) is 5.41 Å². The van der Waals surface area contributed by atoms with Gasteiger partial charge in [-0.3, -0.25) is 0 Å². The average molecular weight is 212 g/mol. The molecule has 1 atom stereocenters. The van der Waals surface area contributed by atoms with Crippen molar-refractivity contribution in [2.75, 3.05) is 26.2 Å². The van der Waals surface area contributed by atoms with Gasteiger partial charge < -0.3 is 15.7 Å². The number of β-amino-alcohol motifs (C(OH)–C–C–N with tert-alkyl or cyclic N) is 1. The maximum atomic E-state index is 9.64. The van der Waals surface area contributed by atoms with Gasteiger partial charge in [-0.25, -0.2) is 0 Å². The van der Waals surface area contributed by atoms with Crippen molar-refractivity contribution in [3.63, 3.8) is 0 Å². The number of aliphatic hydroxyl groups is 1. The van der Waals surface area contributed by atoms with E-state index in [2.05, 4.69) is 4.90 Å². The van der Waals surface area contributed by atoms with Crippen molar-refractivity contribution in [3.05, 3.63) is 0 Å². The summed E-state index contributed by atoms with van der Waals surface area (Å²) in [6.45, 7) is 3.95. The van der Waals surface area contributed by atoms with Crippen LogP contribution in [0.1, 0.15) is 38.5 Å². The summed E-state index contributed by atoms with van der Waals surface area (Å²) >= 11 is 0. The van der Waals surface area contributed by atoms with Gasteiger partial charge in [-0.2, -0.15) is 0 Å². The van der Waals surface area contributed by atoms with E-state index in [0.29, 0.717) is 5.41 Å². The molecule has 0 bridgehead atoms. The van der Waals surface area contributed by atoms with Crippen LogP contribution in [0.25, 0.3) is 0 Å². The maximum absolute atomic E-state index is 9.64. The van der Waals surface area contributed by atoms with Gasteiger partial charge in [0.15, 0.2) is 0 Å². The molecular formula is C12H24N2O. The zero-order valence-corrected chi connectivity index (χ0v) is 9.62. The number of piperidine rings is 1. The van der Waals surface area contributed by atoms with Crippen LogP contribution >= 0.6 is 0 Å². The highest BCUT2D eigenvalue weighted by Gasteiger charge is 2.35. The summed E-state index contributed by atoms with van der Waals surface area (Å²) in [4.78, 5) is 2.42. The first kappa shape index (κ1) is 11.4. The molecule has 1 unspecified atom stereocenters. The predicted octanol–water partition coefficient (Wildman–Crippen LogP) is 0.962. The molecule has 0 aromatic rings. The molecule has 0 spiro atoms. The summed E-state index contributed by atoms with van der Waals surface area (Å²) in [6, 6.07) is 0. The van der Waals surface area contributed by atoms with Gasteiger partial charge in [0, 0.05) is 13.1 Å². The molecule has 3 heteroatoms. The maximum Gasteiger partial charge on any atom is 0.0667 e. The summed E-state index contributed by atoms with van der Waals surface area (Å²) in [5.74, 6) is 0. The average Bonchev–Trinajstić information content (AvgIpc) is 2.67. The van der Waals surface area contributed by atoms with E-state index in [1.807, 2.05) is 0 Å². The molecule has 1 aliphatic heterocycles. The van der Waals surface area contributed by atoms with E-state index < -0.39 is 0 Å². The molecule has 1 saturated heterocycles. The molecule has 15 heavy (non-hydrogen) atoms.